The molecule has 0 aliphatic carbocycles. The Bertz CT molecular complexity index is 740. The van der Waals surface area contributed by atoms with Crippen LogP contribution in [-0.2, 0) is 4.74 Å². The van der Waals surface area contributed by atoms with Crippen molar-refractivity contribution in [2.75, 3.05) is 45.9 Å². The lowest BCUT2D eigenvalue weighted by molar-refractivity contribution is 0.0240. The summed E-state index contributed by atoms with van der Waals surface area (Å²) in [6.07, 6.45) is 2.14. The maximum Gasteiger partial charge on any atom is 0.289 e. The summed E-state index contributed by atoms with van der Waals surface area (Å²) >= 11 is 0. The van der Waals surface area contributed by atoms with Crippen molar-refractivity contribution in [3.8, 4) is 0 Å². The van der Waals surface area contributed by atoms with E-state index in [1.807, 2.05) is 30.0 Å². The smallest absolute Gasteiger partial charge is 0.289 e. The van der Waals surface area contributed by atoms with Crippen LogP contribution in [0, 0.1) is 12.8 Å². The molecule has 2 aliphatic heterocycles. The number of nitrogens with zero attached hydrogens (tertiary/aromatic N) is 2. The van der Waals surface area contributed by atoms with Crippen molar-refractivity contribution in [1.82, 2.24) is 9.80 Å². The van der Waals surface area contributed by atoms with Gasteiger partial charge in [-0.2, -0.15) is 0 Å². The number of likely N-dealkylation sites (tertiary alicyclic amines) is 1. The van der Waals surface area contributed by atoms with Crippen LogP contribution in [0.3, 0.4) is 0 Å². The van der Waals surface area contributed by atoms with Crippen LogP contribution in [0.25, 0.3) is 11.0 Å². The van der Waals surface area contributed by atoms with E-state index in [0.29, 0.717) is 11.7 Å². The minimum atomic E-state index is 0.0266. The molecule has 1 amide bonds. The minimum absolute atomic E-state index is 0.0266. The molecule has 2 aliphatic rings. The molecule has 3 heterocycles. The van der Waals surface area contributed by atoms with Gasteiger partial charge in [-0.25, -0.2) is 0 Å². The van der Waals surface area contributed by atoms with Gasteiger partial charge in [0.05, 0.1) is 13.2 Å². The van der Waals surface area contributed by atoms with Crippen molar-refractivity contribution in [3.05, 3.63) is 35.6 Å². The summed E-state index contributed by atoms with van der Waals surface area (Å²) in [6, 6.07) is 7.89. The SMILES string of the molecule is Cc1ccc2oc(C(=O)N3CCC(CN4CCOCC4)CC3)cc2c1. The van der Waals surface area contributed by atoms with E-state index in [9.17, 15) is 4.79 Å². The molecule has 0 bridgehead atoms. The van der Waals surface area contributed by atoms with Gasteiger partial charge in [-0.3, -0.25) is 9.69 Å². The normalized spacial score (nSPS) is 20.3. The highest BCUT2D eigenvalue weighted by atomic mass is 16.5. The third-order valence-electron chi connectivity index (χ3n) is 5.40. The predicted molar refractivity (Wildman–Crippen MR) is 96.8 cm³/mol. The second-order valence-corrected chi connectivity index (χ2v) is 7.30. The van der Waals surface area contributed by atoms with E-state index in [1.54, 1.807) is 0 Å². The number of rotatable bonds is 3. The van der Waals surface area contributed by atoms with E-state index in [1.165, 1.54) is 5.56 Å². The van der Waals surface area contributed by atoms with Gasteiger partial charge < -0.3 is 14.1 Å². The average molecular weight is 342 g/mol. The summed E-state index contributed by atoms with van der Waals surface area (Å²) in [5, 5.41) is 1.01. The third-order valence-corrected chi connectivity index (χ3v) is 5.40. The zero-order valence-corrected chi connectivity index (χ0v) is 14.9. The van der Waals surface area contributed by atoms with E-state index in [4.69, 9.17) is 9.15 Å². The summed E-state index contributed by atoms with van der Waals surface area (Å²) in [4.78, 5) is 17.2. The molecule has 4 rings (SSSR count). The van der Waals surface area contributed by atoms with Gasteiger partial charge >= 0.3 is 0 Å². The van der Waals surface area contributed by atoms with Gasteiger partial charge in [-0.15, -0.1) is 0 Å². The number of carbonyl (C=O) groups excluding carboxylic acids is 1. The zero-order valence-electron chi connectivity index (χ0n) is 14.9. The number of morpholine rings is 1. The van der Waals surface area contributed by atoms with Crippen molar-refractivity contribution >= 4 is 16.9 Å². The molecule has 5 nitrogen and oxygen atoms in total. The fourth-order valence-corrected chi connectivity index (χ4v) is 3.89. The van der Waals surface area contributed by atoms with Crippen LogP contribution in [0.4, 0.5) is 0 Å². The second-order valence-electron chi connectivity index (χ2n) is 7.30. The van der Waals surface area contributed by atoms with E-state index in [-0.39, 0.29) is 5.91 Å². The number of fused-ring (bicyclic) bond motifs is 1. The van der Waals surface area contributed by atoms with Crippen LogP contribution in [0.2, 0.25) is 0 Å². The summed E-state index contributed by atoms with van der Waals surface area (Å²) < 4.78 is 11.2. The topological polar surface area (TPSA) is 45.9 Å². The number of hydrogen-bond donors (Lipinski definition) is 0. The Morgan fingerprint density at radius 3 is 2.64 bits per heavy atom. The first-order chi connectivity index (χ1) is 12.2. The minimum Gasteiger partial charge on any atom is -0.451 e. The number of ether oxygens (including phenoxy) is 1. The van der Waals surface area contributed by atoms with Crippen molar-refractivity contribution in [3.63, 3.8) is 0 Å². The molecular weight excluding hydrogens is 316 g/mol. The highest BCUT2D eigenvalue weighted by Crippen LogP contribution is 2.24. The second kappa shape index (κ2) is 7.18. The standard InChI is InChI=1S/C20H26N2O3/c1-15-2-3-18-17(12-15)13-19(25-18)20(23)22-6-4-16(5-7-22)14-21-8-10-24-11-9-21/h2-3,12-13,16H,4-11,14H2,1H3. The van der Waals surface area contributed by atoms with Gasteiger partial charge in [0, 0.05) is 38.1 Å². The van der Waals surface area contributed by atoms with Crippen LogP contribution in [0.15, 0.2) is 28.7 Å². The maximum absolute atomic E-state index is 12.8. The largest absolute Gasteiger partial charge is 0.451 e. The first-order valence-corrected chi connectivity index (χ1v) is 9.28. The molecule has 0 unspecified atom stereocenters. The highest BCUT2D eigenvalue weighted by Gasteiger charge is 2.27. The lowest BCUT2D eigenvalue weighted by Crippen LogP contribution is -2.44. The van der Waals surface area contributed by atoms with Gasteiger partial charge in [-0.1, -0.05) is 11.6 Å². The lowest BCUT2D eigenvalue weighted by Gasteiger charge is -2.35. The van der Waals surface area contributed by atoms with Gasteiger partial charge in [0.2, 0.25) is 0 Å². The zero-order chi connectivity index (χ0) is 17.2. The monoisotopic (exact) mass is 342 g/mol. The van der Waals surface area contributed by atoms with Crippen LogP contribution in [0.5, 0.6) is 0 Å². The number of hydrogen-bond acceptors (Lipinski definition) is 4. The molecule has 25 heavy (non-hydrogen) atoms. The Morgan fingerprint density at radius 2 is 1.88 bits per heavy atom. The first kappa shape index (κ1) is 16.6. The molecule has 0 N–H and O–H groups in total. The summed E-state index contributed by atoms with van der Waals surface area (Å²) in [5.41, 5.74) is 1.97. The number of furan rings is 1. The van der Waals surface area contributed by atoms with Gasteiger partial charge in [0.25, 0.3) is 5.91 Å². The number of benzene rings is 1. The Kier molecular flexibility index (Phi) is 4.77. The van der Waals surface area contributed by atoms with Crippen molar-refractivity contribution in [2.24, 2.45) is 5.92 Å². The summed E-state index contributed by atoms with van der Waals surface area (Å²) in [6.45, 7) is 8.61. The number of aryl methyl sites for hydroxylation is 1. The Labute approximate surface area is 148 Å². The van der Waals surface area contributed by atoms with E-state index in [2.05, 4.69) is 11.0 Å². The molecular formula is C20H26N2O3. The van der Waals surface area contributed by atoms with E-state index < -0.39 is 0 Å². The van der Waals surface area contributed by atoms with Crippen LogP contribution in [0.1, 0.15) is 29.0 Å². The molecule has 5 heteroatoms. The quantitative estimate of drug-likeness (QED) is 0.860. The molecule has 2 aromatic rings. The highest BCUT2D eigenvalue weighted by molar-refractivity contribution is 5.96. The summed E-state index contributed by atoms with van der Waals surface area (Å²) in [7, 11) is 0. The molecule has 134 valence electrons. The van der Waals surface area contributed by atoms with Gasteiger partial charge in [0.15, 0.2) is 5.76 Å². The molecule has 0 radical (unpaired) electrons. The number of carbonyl (C=O) groups is 1. The van der Waals surface area contributed by atoms with Gasteiger partial charge in [0.1, 0.15) is 5.58 Å². The van der Waals surface area contributed by atoms with Crippen LogP contribution >= 0.6 is 0 Å². The van der Waals surface area contributed by atoms with Crippen molar-refractivity contribution in [1.29, 1.82) is 0 Å². The Morgan fingerprint density at radius 1 is 1.12 bits per heavy atom. The predicted octanol–water partition coefficient (Wildman–Crippen LogP) is 2.93. The molecule has 0 spiro atoms. The number of amides is 1. The van der Waals surface area contributed by atoms with Crippen LogP contribution in [-0.4, -0.2) is 61.6 Å². The maximum atomic E-state index is 12.8. The average Bonchev–Trinajstić information content (AvgIpc) is 3.06. The molecule has 0 atom stereocenters. The fraction of sp³-hybridized carbons (Fsp3) is 0.550. The first-order valence-electron chi connectivity index (χ1n) is 9.28. The summed E-state index contributed by atoms with van der Waals surface area (Å²) in [5.74, 6) is 1.17. The van der Waals surface area contributed by atoms with Crippen LogP contribution < -0.4 is 0 Å². The molecule has 0 saturated carbocycles. The van der Waals surface area contributed by atoms with Crippen molar-refractivity contribution in [2.45, 2.75) is 19.8 Å². The molecule has 2 saturated heterocycles. The van der Waals surface area contributed by atoms with Gasteiger partial charge in [-0.05, 0) is 43.9 Å². The fourth-order valence-electron chi connectivity index (χ4n) is 3.89. The van der Waals surface area contributed by atoms with Crippen molar-refractivity contribution < 1.29 is 13.9 Å². The number of piperidine rings is 1. The third kappa shape index (κ3) is 3.72. The lowest BCUT2D eigenvalue weighted by atomic mass is 9.96. The molecule has 2 fully saturated rings. The Hall–Kier alpha value is -1.85. The van der Waals surface area contributed by atoms with E-state index >= 15 is 0 Å². The van der Waals surface area contributed by atoms with E-state index in [0.717, 1.165) is 69.7 Å². The molecule has 1 aromatic heterocycles. The molecule has 1 aromatic carbocycles. The Balaban J connectivity index is 1.35.